The van der Waals surface area contributed by atoms with Crippen molar-refractivity contribution in [2.24, 2.45) is 0 Å². The molecule has 1 aromatic heterocycles. The van der Waals surface area contributed by atoms with Crippen molar-refractivity contribution in [2.75, 3.05) is 5.32 Å². The topological polar surface area (TPSA) is 90.1 Å². The lowest BCUT2D eigenvalue weighted by molar-refractivity contribution is -0.385. The minimum atomic E-state index is -0.506. The fourth-order valence-corrected chi connectivity index (χ4v) is 3.58. The summed E-state index contributed by atoms with van der Waals surface area (Å²) < 4.78 is 2.52. The quantitative estimate of drug-likeness (QED) is 0.500. The van der Waals surface area contributed by atoms with Gasteiger partial charge in [0.2, 0.25) is 5.91 Å². The zero-order chi connectivity index (χ0) is 18.0. The Kier molecular flexibility index (Phi) is 6.00. The molecule has 2 aromatic rings. The lowest BCUT2D eigenvalue weighted by Crippen LogP contribution is -2.16. The van der Waals surface area contributed by atoms with Gasteiger partial charge in [-0.25, -0.2) is 0 Å². The molecule has 2 rings (SSSR count). The number of hydrogen-bond donors (Lipinski definition) is 1. The third-order valence-electron chi connectivity index (χ3n) is 3.35. The first-order chi connectivity index (χ1) is 11.2. The monoisotopic (exact) mass is 478 g/mol. The number of aromatic nitrogens is 2. The number of halogens is 3. The number of nitrogens with one attached hydrogen (secondary N) is 1. The molecule has 0 saturated heterocycles. The van der Waals surface area contributed by atoms with Crippen molar-refractivity contribution >= 4 is 60.7 Å². The molecular weight excluding hydrogens is 467 g/mol. The van der Waals surface area contributed by atoms with Gasteiger partial charge in [0, 0.05) is 27.5 Å². The minimum absolute atomic E-state index is 0.0796. The Morgan fingerprint density at radius 3 is 2.42 bits per heavy atom. The molecule has 0 fully saturated rings. The number of carbonyl (C=O) groups is 1. The minimum Gasteiger partial charge on any atom is -0.324 e. The van der Waals surface area contributed by atoms with Crippen LogP contribution in [0.2, 0.25) is 5.02 Å². The van der Waals surface area contributed by atoms with Gasteiger partial charge in [0.25, 0.3) is 5.69 Å². The highest BCUT2D eigenvalue weighted by Gasteiger charge is 2.16. The van der Waals surface area contributed by atoms with Crippen molar-refractivity contribution in [1.29, 1.82) is 0 Å². The molecule has 10 heteroatoms. The van der Waals surface area contributed by atoms with E-state index in [1.807, 2.05) is 6.92 Å². The Morgan fingerprint density at radius 1 is 1.38 bits per heavy atom. The number of nitro groups is 1. The van der Waals surface area contributed by atoms with Gasteiger partial charge in [0.15, 0.2) is 0 Å². The van der Waals surface area contributed by atoms with Crippen LogP contribution in [-0.4, -0.2) is 20.6 Å². The first-order valence-corrected chi connectivity index (χ1v) is 8.80. The summed E-state index contributed by atoms with van der Waals surface area (Å²) in [5, 5.41) is 18.4. The van der Waals surface area contributed by atoms with E-state index in [1.54, 1.807) is 11.6 Å². The van der Waals surface area contributed by atoms with Crippen LogP contribution in [0.5, 0.6) is 0 Å². The van der Waals surface area contributed by atoms with Gasteiger partial charge < -0.3 is 5.32 Å². The Hall–Kier alpha value is -1.45. The van der Waals surface area contributed by atoms with Crippen LogP contribution in [-0.2, 0) is 11.3 Å². The number of hydrogen-bond acceptors (Lipinski definition) is 4. The number of nitrogens with zero attached hydrogens (tertiary/aromatic N) is 3. The van der Waals surface area contributed by atoms with Crippen molar-refractivity contribution in [2.45, 2.75) is 26.8 Å². The van der Waals surface area contributed by atoms with E-state index in [2.05, 4.69) is 42.3 Å². The summed E-state index contributed by atoms with van der Waals surface area (Å²) in [4.78, 5) is 22.5. The predicted molar refractivity (Wildman–Crippen MR) is 98.5 cm³/mol. The second kappa shape index (κ2) is 7.62. The fourth-order valence-electron chi connectivity index (χ4n) is 2.09. The average Bonchev–Trinajstić information content (AvgIpc) is 2.75. The van der Waals surface area contributed by atoms with Crippen LogP contribution in [0, 0.1) is 24.0 Å². The largest absolute Gasteiger partial charge is 0.324 e. The van der Waals surface area contributed by atoms with Crippen LogP contribution in [0.4, 0.5) is 11.4 Å². The van der Waals surface area contributed by atoms with Gasteiger partial charge in [-0.3, -0.25) is 19.6 Å². The second-order valence-electron chi connectivity index (χ2n) is 5.05. The molecule has 0 bridgehead atoms. The van der Waals surface area contributed by atoms with Crippen LogP contribution in [0.1, 0.15) is 17.8 Å². The van der Waals surface area contributed by atoms with Crippen LogP contribution < -0.4 is 5.32 Å². The molecule has 0 aliphatic rings. The number of aryl methyl sites for hydroxylation is 2. The standard InChI is InChI=1S/C14H13Br2ClN4O3/c1-7-13(17)8(2)20(19-7)4-3-12(22)18-14-10(15)5-9(21(23)24)6-11(14)16/h5-6H,3-4H2,1-2H3,(H,18,22). The van der Waals surface area contributed by atoms with Gasteiger partial charge in [-0.1, -0.05) is 11.6 Å². The van der Waals surface area contributed by atoms with Crippen molar-refractivity contribution in [1.82, 2.24) is 9.78 Å². The molecule has 0 atom stereocenters. The van der Waals surface area contributed by atoms with E-state index in [9.17, 15) is 14.9 Å². The SMILES string of the molecule is Cc1nn(CCC(=O)Nc2c(Br)cc([N+](=O)[O-])cc2Br)c(C)c1Cl. The molecule has 0 radical (unpaired) electrons. The maximum absolute atomic E-state index is 12.2. The average molecular weight is 481 g/mol. The first kappa shape index (κ1) is 18.9. The first-order valence-electron chi connectivity index (χ1n) is 6.83. The van der Waals surface area contributed by atoms with Crippen molar-refractivity contribution < 1.29 is 9.72 Å². The second-order valence-corrected chi connectivity index (χ2v) is 7.13. The number of rotatable bonds is 5. The summed E-state index contributed by atoms with van der Waals surface area (Å²) in [5.74, 6) is -0.242. The lowest BCUT2D eigenvalue weighted by Gasteiger charge is -2.10. The van der Waals surface area contributed by atoms with Gasteiger partial charge in [0.1, 0.15) is 0 Å². The van der Waals surface area contributed by atoms with E-state index >= 15 is 0 Å². The molecule has 7 nitrogen and oxygen atoms in total. The maximum atomic E-state index is 12.2. The fraction of sp³-hybridized carbons (Fsp3) is 0.286. The molecule has 0 aliphatic heterocycles. The normalized spacial score (nSPS) is 10.7. The summed E-state index contributed by atoms with van der Waals surface area (Å²) >= 11 is 12.5. The molecule has 1 aromatic carbocycles. The van der Waals surface area contributed by atoms with Gasteiger partial charge >= 0.3 is 0 Å². The molecule has 128 valence electrons. The van der Waals surface area contributed by atoms with Crippen molar-refractivity contribution in [3.8, 4) is 0 Å². The number of non-ortho nitro benzene ring substituents is 1. The summed E-state index contributed by atoms with van der Waals surface area (Å²) in [6.07, 6.45) is 0.189. The molecule has 1 N–H and O–H groups in total. The third-order valence-corrected chi connectivity index (χ3v) is 5.14. The van der Waals surface area contributed by atoms with Gasteiger partial charge in [-0.05, 0) is 45.7 Å². The molecule has 1 amide bonds. The van der Waals surface area contributed by atoms with Gasteiger partial charge in [-0.15, -0.1) is 0 Å². The molecule has 24 heavy (non-hydrogen) atoms. The Bertz CT molecular complexity index is 800. The van der Waals surface area contributed by atoms with Crippen molar-refractivity contribution in [3.05, 3.63) is 47.6 Å². The van der Waals surface area contributed by atoms with E-state index in [0.717, 1.165) is 11.4 Å². The number of carbonyl (C=O) groups excluding carboxylic acids is 1. The van der Waals surface area contributed by atoms with Gasteiger partial charge in [-0.2, -0.15) is 5.10 Å². The third kappa shape index (κ3) is 4.14. The highest BCUT2D eigenvalue weighted by atomic mass is 79.9. The van der Waals surface area contributed by atoms with Crippen LogP contribution in [0.15, 0.2) is 21.1 Å². The molecule has 0 saturated carbocycles. The number of nitro benzene ring substituents is 1. The van der Waals surface area contributed by atoms with Crippen LogP contribution >= 0.6 is 43.5 Å². The molecule has 0 spiro atoms. The van der Waals surface area contributed by atoms with E-state index < -0.39 is 4.92 Å². The molecule has 0 aliphatic carbocycles. The summed E-state index contributed by atoms with van der Waals surface area (Å²) in [7, 11) is 0. The van der Waals surface area contributed by atoms with Crippen molar-refractivity contribution in [3.63, 3.8) is 0 Å². The van der Waals surface area contributed by atoms with Crippen LogP contribution in [0.25, 0.3) is 0 Å². The predicted octanol–water partition coefficient (Wildman–Crippen LogP) is 4.62. The Morgan fingerprint density at radius 2 is 1.96 bits per heavy atom. The maximum Gasteiger partial charge on any atom is 0.271 e. The van der Waals surface area contributed by atoms with E-state index in [1.165, 1.54) is 12.1 Å². The summed E-state index contributed by atoms with van der Waals surface area (Å²) in [6, 6.07) is 2.67. The van der Waals surface area contributed by atoms with E-state index in [0.29, 0.717) is 26.2 Å². The molecule has 0 unspecified atom stereocenters. The smallest absolute Gasteiger partial charge is 0.271 e. The zero-order valence-electron chi connectivity index (χ0n) is 12.8. The number of benzene rings is 1. The van der Waals surface area contributed by atoms with E-state index in [-0.39, 0.29) is 18.0 Å². The summed E-state index contributed by atoms with van der Waals surface area (Å²) in [5.41, 5.74) is 1.89. The molecular formula is C14H13Br2ClN4O3. The number of anilines is 1. The summed E-state index contributed by atoms with van der Waals surface area (Å²) in [6.45, 7) is 4.02. The zero-order valence-corrected chi connectivity index (χ0v) is 16.7. The lowest BCUT2D eigenvalue weighted by atomic mass is 10.2. The Labute approximate surface area is 159 Å². The van der Waals surface area contributed by atoms with Crippen LogP contribution in [0.3, 0.4) is 0 Å². The van der Waals surface area contributed by atoms with E-state index in [4.69, 9.17) is 11.6 Å². The highest BCUT2D eigenvalue weighted by Crippen LogP contribution is 2.35. The van der Waals surface area contributed by atoms with Gasteiger partial charge in [0.05, 0.1) is 33.6 Å². The molecule has 1 heterocycles. The highest BCUT2D eigenvalue weighted by molar-refractivity contribution is 9.11. The Balaban J connectivity index is 2.07. The number of amides is 1.